The summed E-state index contributed by atoms with van der Waals surface area (Å²) in [6.07, 6.45) is 2.60. The lowest BCUT2D eigenvalue weighted by Gasteiger charge is -2.19. The molecule has 0 saturated carbocycles. The van der Waals surface area contributed by atoms with Gasteiger partial charge < -0.3 is 9.88 Å². The molecule has 0 aliphatic carbocycles. The molecule has 0 saturated heterocycles. The largest absolute Gasteiger partial charge is 0.350 e. The Hall–Kier alpha value is -2.85. The summed E-state index contributed by atoms with van der Waals surface area (Å²) in [5.74, 6) is 0.112. The van der Waals surface area contributed by atoms with Gasteiger partial charge in [0.2, 0.25) is 5.91 Å². The summed E-state index contributed by atoms with van der Waals surface area (Å²) in [5, 5.41) is 8.62. The zero-order chi connectivity index (χ0) is 19.5. The molecule has 28 heavy (non-hydrogen) atoms. The van der Waals surface area contributed by atoms with Gasteiger partial charge in [0.25, 0.3) is 0 Å². The summed E-state index contributed by atoms with van der Waals surface area (Å²) < 4.78 is 2.15. The van der Waals surface area contributed by atoms with E-state index in [2.05, 4.69) is 64.2 Å². The molecule has 0 bridgehead atoms. The molecule has 2 aromatic carbocycles. The highest BCUT2D eigenvalue weighted by atomic mass is 32.1. The van der Waals surface area contributed by atoms with Crippen LogP contribution in [0.5, 0.6) is 0 Å². The molecule has 2 aromatic heterocycles. The van der Waals surface area contributed by atoms with Crippen molar-refractivity contribution in [1.82, 2.24) is 9.88 Å². The number of aromatic nitrogens is 1. The van der Waals surface area contributed by atoms with Crippen LogP contribution in [0.1, 0.15) is 42.0 Å². The van der Waals surface area contributed by atoms with Crippen LogP contribution < -0.4 is 5.32 Å². The summed E-state index contributed by atoms with van der Waals surface area (Å²) in [6.45, 7) is 2.03. The molecule has 0 aliphatic rings. The molecular formula is C24H24N2OS. The van der Waals surface area contributed by atoms with Gasteiger partial charge >= 0.3 is 0 Å². The van der Waals surface area contributed by atoms with E-state index in [-0.39, 0.29) is 17.9 Å². The van der Waals surface area contributed by atoms with Crippen molar-refractivity contribution in [2.75, 3.05) is 0 Å². The number of hydrogen-bond donors (Lipinski definition) is 1. The maximum absolute atomic E-state index is 12.9. The Bertz CT molecular complexity index is 1070. The predicted molar refractivity (Wildman–Crippen MR) is 117 cm³/mol. The second kappa shape index (κ2) is 8.03. The van der Waals surface area contributed by atoms with Gasteiger partial charge in [-0.3, -0.25) is 4.79 Å². The van der Waals surface area contributed by atoms with Crippen LogP contribution in [0, 0.1) is 0 Å². The number of carbonyl (C=O) groups is 1. The second-order valence-electron chi connectivity index (χ2n) is 7.23. The van der Waals surface area contributed by atoms with Crippen LogP contribution in [0.2, 0.25) is 0 Å². The van der Waals surface area contributed by atoms with Crippen LogP contribution in [0.4, 0.5) is 0 Å². The first-order chi connectivity index (χ1) is 13.6. The summed E-state index contributed by atoms with van der Waals surface area (Å²) in [5.41, 5.74) is 4.71. The number of para-hydroxylation sites is 1. The van der Waals surface area contributed by atoms with E-state index in [1.165, 1.54) is 22.0 Å². The standard InChI is InChI=1S/C24H24N2OS/c1-17(18-8-4-3-5-9-18)25-24(27)14-21(19-12-13-28-16-19)22-15-26(2)23-11-7-6-10-20(22)23/h3-13,15-17,21H,14H2,1-2H3,(H,25,27). The van der Waals surface area contributed by atoms with Gasteiger partial charge in [-0.25, -0.2) is 0 Å². The highest BCUT2D eigenvalue weighted by Gasteiger charge is 2.23. The van der Waals surface area contributed by atoms with E-state index in [1.807, 2.05) is 37.3 Å². The van der Waals surface area contributed by atoms with Crippen LogP contribution in [0.3, 0.4) is 0 Å². The van der Waals surface area contributed by atoms with Crippen molar-refractivity contribution >= 4 is 28.1 Å². The van der Waals surface area contributed by atoms with Gasteiger partial charge in [-0.05, 0) is 46.5 Å². The van der Waals surface area contributed by atoms with Gasteiger partial charge in [-0.2, -0.15) is 11.3 Å². The number of benzene rings is 2. The number of carbonyl (C=O) groups excluding carboxylic acids is 1. The van der Waals surface area contributed by atoms with Crippen molar-refractivity contribution in [2.45, 2.75) is 25.3 Å². The van der Waals surface area contributed by atoms with E-state index in [1.54, 1.807) is 11.3 Å². The van der Waals surface area contributed by atoms with E-state index >= 15 is 0 Å². The molecule has 4 aromatic rings. The Morgan fingerprint density at radius 1 is 1.04 bits per heavy atom. The monoisotopic (exact) mass is 388 g/mol. The lowest BCUT2D eigenvalue weighted by molar-refractivity contribution is -0.121. The highest BCUT2D eigenvalue weighted by molar-refractivity contribution is 7.08. The molecule has 0 aliphatic heterocycles. The van der Waals surface area contributed by atoms with Gasteiger partial charge in [-0.1, -0.05) is 48.5 Å². The average Bonchev–Trinajstić information content (AvgIpc) is 3.36. The van der Waals surface area contributed by atoms with Crippen LogP contribution in [0.25, 0.3) is 10.9 Å². The van der Waals surface area contributed by atoms with E-state index in [9.17, 15) is 4.79 Å². The van der Waals surface area contributed by atoms with E-state index in [4.69, 9.17) is 0 Å². The van der Waals surface area contributed by atoms with Crippen molar-refractivity contribution in [3.63, 3.8) is 0 Å². The first kappa shape index (κ1) is 18.5. The lowest BCUT2D eigenvalue weighted by Crippen LogP contribution is -2.28. The molecule has 1 amide bonds. The molecule has 142 valence electrons. The number of nitrogens with one attached hydrogen (secondary N) is 1. The highest BCUT2D eigenvalue weighted by Crippen LogP contribution is 2.35. The Labute approximate surface area is 169 Å². The molecule has 4 rings (SSSR count). The average molecular weight is 389 g/mol. The number of aryl methyl sites for hydroxylation is 1. The van der Waals surface area contributed by atoms with Gasteiger partial charge in [0.1, 0.15) is 0 Å². The van der Waals surface area contributed by atoms with Crippen molar-refractivity contribution in [2.24, 2.45) is 7.05 Å². The quantitative estimate of drug-likeness (QED) is 0.456. The number of hydrogen-bond acceptors (Lipinski definition) is 2. The molecule has 2 heterocycles. The number of thiophene rings is 1. The zero-order valence-corrected chi connectivity index (χ0v) is 16.9. The number of rotatable bonds is 6. The van der Waals surface area contributed by atoms with E-state index in [0.717, 1.165) is 5.56 Å². The number of amides is 1. The molecule has 2 atom stereocenters. The minimum absolute atomic E-state index is 0.00987. The Kier molecular flexibility index (Phi) is 5.31. The summed E-state index contributed by atoms with van der Waals surface area (Å²) in [4.78, 5) is 12.9. The van der Waals surface area contributed by atoms with Crippen molar-refractivity contribution < 1.29 is 4.79 Å². The van der Waals surface area contributed by atoms with Crippen molar-refractivity contribution in [1.29, 1.82) is 0 Å². The van der Waals surface area contributed by atoms with Gasteiger partial charge in [-0.15, -0.1) is 0 Å². The molecule has 4 heteroatoms. The Balaban J connectivity index is 1.62. The maximum atomic E-state index is 12.9. The minimum atomic E-state index is -0.00987. The number of nitrogens with zero attached hydrogens (tertiary/aromatic N) is 1. The number of fused-ring (bicyclic) bond motifs is 1. The van der Waals surface area contributed by atoms with Gasteiger partial charge in [0.15, 0.2) is 0 Å². The zero-order valence-electron chi connectivity index (χ0n) is 16.1. The van der Waals surface area contributed by atoms with Crippen LogP contribution >= 0.6 is 11.3 Å². The van der Waals surface area contributed by atoms with Crippen LogP contribution in [-0.2, 0) is 11.8 Å². The molecular weight excluding hydrogens is 364 g/mol. The minimum Gasteiger partial charge on any atom is -0.350 e. The fourth-order valence-corrected chi connectivity index (χ4v) is 4.56. The second-order valence-corrected chi connectivity index (χ2v) is 8.01. The maximum Gasteiger partial charge on any atom is 0.221 e. The molecule has 0 spiro atoms. The van der Waals surface area contributed by atoms with Crippen molar-refractivity contribution in [3.05, 3.63) is 94.3 Å². The van der Waals surface area contributed by atoms with E-state index < -0.39 is 0 Å². The Morgan fingerprint density at radius 3 is 2.54 bits per heavy atom. The van der Waals surface area contributed by atoms with Crippen LogP contribution in [-0.4, -0.2) is 10.5 Å². The SMILES string of the molecule is CC(NC(=O)CC(c1ccsc1)c1cn(C)c2ccccc12)c1ccccc1. The summed E-state index contributed by atoms with van der Waals surface area (Å²) in [6, 6.07) is 20.6. The summed E-state index contributed by atoms with van der Waals surface area (Å²) >= 11 is 1.67. The fraction of sp³-hybridized carbons (Fsp3) is 0.208. The Morgan fingerprint density at radius 2 is 1.79 bits per heavy atom. The molecule has 1 N–H and O–H groups in total. The fourth-order valence-electron chi connectivity index (χ4n) is 3.84. The summed E-state index contributed by atoms with van der Waals surface area (Å²) in [7, 11) is 2.06. The third kappa shape index (κ3) is 3.73. The third-order valence-electron chi connectivity index (χ3n) is 5.32. The molecule has 0 radical (unpaired) electrons. The topological polar surface area (TPSA) is 34.0 Å². The predicted octanol–water partition coefficient (Wildman–Crippen LogP) is 5.64. The van der Waals surface area contributed by atoms with Gasteiger partial charge in [0.05, 0.1) is 6.04 Å². The molecule has 0 fully saturated rings. The van der Waals surface area contributed by atoms with Gasteiger partial charge in [0, 0.05) is 36.5 Å². The molecule has 3 nitrogen and oxygen atoms in total. The van der Waals surface area contributed by atoms with Crippen LogP contribution in [0.15, 0.2) is 77.6 Å². The normalized spacial score (nSPS) is 13.4. The third-order valence-corrected chi connectivity index (χ3v) is 6.02. The van der Waals surface area contributed by atoms with Crippen molar-refractivity contribution in [3.8, 4) is 0 Å². The first-order valence-electron chi connectivity index (χ1n) is 9.54. The lowest BCUT2D eigenvalue weighted by atomic mass is 9.89. The smallest absolute Gasteiger partial charge is 0.221 e. The first-order valence-corrected chi connectivity index (χ1v) is 10.5. The van der Waals surface area contributed by atoms with E-state index in [0.29, 0.717) is 6.42 Å². The molecule has 2 unspecified atom stereocenters.